The van der Waals surface area contributed by atoms with Crippen LogP contribution >= 0.6 is 23.2 Å². The maximum absolute atomic E-state index is 16.4. The van der Waals surface area contributed by atoms with Gasteiger partial charge in [0.1, 0.15) is 17.3 Å². The number of carbonyl (C=O) groups is 6. The highest BCUT2D eigenvalue weighted by atomic mass is 35.5. The summed E-state index contributed by atoms with van der Waals surface area (Å²) >= 11 is 12.9. The number of nitrogens with one attached hydrogen (secondary N) is 3. The van der Waals surface area contributed by atoms with Crippen LogP contribution in [-0.2, 0) is 35.9 Å². The molecule has 0 bridgehead atoms. The molecule has 3 N–H and O–H groups in total. The lowest BCUT2D eigenvalue weighted by Crippen LogP contribution is -2.60. The second-order valence-corrected chi connectivity index (χ2v) is 19.4. The molecule has 6 heterocycles. The Morgan fingerprint density at radius 1 is 0.812 bits per heavy atom. The molecule has 2 spiro atoms. The Kier molecular flexibility index (Phi) is 11.1. The highest BCUT2D eigenvalue weighted by Gasteiger charge is 2.72. The zero-order valence-electron chi connectivity index (χ0n) is 35.3. The lowest BCUT2D eigenvalue weighted by atomic mass is 9.55. The number of likely N-dealkylation sites (tertiary alicyclic amines) is 2. The van der Waals surface area contributed by atoms with Gasteiger partial charge in [-0.05, 0) is 92.0 Å². The number of nitrogens with zero attached hydrogens (tertiary/aromatic N) is 3. The van der Waals surface area contributed by atoms with Gasteiger partial charge in [0.05, 0.1) is 11.1 Å². The van der Waals surface area contributed by atoms with E-state index >= 15 is 4.39 Å². The molecular formula is C49H49Cl2FN6O6. The third-order valence-corrected chi connectivity index (χ3v) is 15.8. The van der Waals surface area contributed by atoms with Crippen LogP contribution in [0.2, 0.25) is 10.0 Å². The minimum absolute atomic E-state index is 0.0561. The fourth-order valence-corrected chi connectivity index (χ4v) is 12.5. The second kappa shape index (κ2) is 16.6. The van der Waals surface area contributed by atoms with Crippen LogP contribution in [0, 0.1) is 29.5 Å². The summed E-state index contributed by atoms with van der Waals surface area (Å²) in [6.45, 7) is 2.07. The van der Waals surface area contributed by atoms with Gasteiger partial charge in [-0.25, -0.2) is 4.39 Å². The van der Waals surface area contributed by atoms with Gasteiger partial charge >= 0.3 is 0 Å². The molecule has 5 fully saturated rings. The van der Waals surface area contributed by atoms with Crippen molar-refractivity contribution in [1.82, 2.24) is 25.3 Å². The minimum Gasteiger partial charge on any atom is -0.342 e. The van der Waals surface area contributed by atoms with Gasteiger partial charge in [0.2, 0.25) is 29.5 Å². The fraction of sp³-hybridized carbons (Fsp3) is 0.469. The summed E-state index contributed by atoms with van der Waals surface area (Å²) in [4.78, 5) is 86.5. The molecule has 1 unspecified atom stereocenters. The van der Waals surface area contributed by atoms with Crippen molar-refractivity contribution in [3.63, 3.8) is 0 Å². The average Bonchev–Trinajstić information content (AvgIpc) is 3.90. The number of carbonyl (C=O) groups excluding carboxylic acids is 6. The van der Waals surface area contributed by atoms with E-state index in [0.717, 1.165) is 30.4 Å². The zero-order chi connectivity index (χ0) is 44.5. The first kappa shape index (κ1) is 42.6. The van der Waals surface area contributed by atoms with Gasteiger partial charge in [0.15, 0.2) is 0 Å². The summed E-state index contributed by atoms with van der Waals surface area (Å²) in [6.07, 6.45) is 6.79. The number of piperidine rings is 3. The molecule has 7 aliphatic rings. The van der Waals surface area contributed by atoms with Crippen molar-refractivity contribution in [2.45, 2.75) is 106 Å². The minimum atomic E-state index is -1.32. The number of imide groups is 1. The maximum Gasteiger partial charge on any atom is 0.255 e. The Labute approximate surface area is 380 Å². The third kappa shape index (κ3) is 6.90. The first-order valence-corrected chi connectivity index (χ1v) is 23.3. The second-order valence-electron chi connectivity index (χ2n) is 18.5. The number of amides is 6. The molecule has 6 aliphatic heterocycles. The molecule has 4 saturated heterocycles. The Bertz CT molecular complexity index is 2550. The number of hydrogen-bond donors (Lipinski definition) is 3. The molecule has 64 heavy (non-hydrogen) atoms. The predicted octanol–water partition coefficient (Wildman–Crippen LogP) is 6.07. The fourth-order valence-electron chi connectivity index (χ4n) is 12.1. The SMILES string of the molecule is O=C1CCC(N2Cc3c(C#CC4CCN(C(=O)C5CCN(C(=O)[C@@H]6NC7(CCCCC7)[C@@]7(C(=O)Nc8cc(Cl)ccc87)[C@H]6c6cccc(Cl)c6F)CC5)CC4)cccc3C2=O)C(=O)N1. The number of rotatable bonds is 4. The van der Waals surface area contributed by atoms with E-state index in [2.05, 4.69) is 27.8 Å². The van der Waals surface area contributed by atoms with E-state index in [-0.39, 0.29) is 64.9 Å². The van der Waals surface area contributed by atoms with Gasteiger partial charge in [0, 0.05) is 84.3 Å². The van der Waals surface area contributed by atoms with E-state index in [9.17, 15) is 28.8 Å². The van der Waals surface area contributed by atoms with Crippen LogP contribution in [0.15, 0.2) is 54.6 Å². The number of halogens is 3. The van der Waals surface area contributed by atoms with Crippen molar-refractivity contribution in [2.24, 2.45) is 11.8 Å². The molecule has 0 radical (unpaired) electrons. The largest absolute Gasteiger partial charge is 0.342 e. The van der Waals surface area contributed by atoms with Crippen LogP contribution in [0.4, 0.5) is 10.1 Å². The van der Waals surface area contributed by atoms with E-state index < -0.39 is 40.7 Å². The van der Waals surface area contributed by atoms with E-state index in [1.807, 2.05) is 17.0 Å². The Morgan fingerprint density at radius 2 is 1.53 bits per heavy atom. The summed E-state index contributed by atoms with van der Waals surface area (Å²) in [6, 6.07) is 13.9. The molecule has 3 aromatic carbocycles. The molecule has 10 rings (SSSR count). The standard InChI is InChI=1S/C49H49Cl2FN6O6/c50-31-12-13-35-37(26-31)53-47(64)49(35)40(33-8-5-9-36(51)41(33)52)42(55-48(49)20-2-1-3-21-48)46(63)57-24-18-30(19-25-57)44(61)56-22-16-28(17-23-56)10-11-29-6-4-7-32-34(29)27-58(45(32)62)38-14-15-39(59)54-43(38)60/h4-9,12-13,26,28,30,38,40,42,55H,1-3,14-25,27H2,(H,53,64)(H,54,59,60)/t38?,40-,42+,49+/m0/s1. The maximum atomic E-state index is 16.4. The van der Waals surface area contributed by atoms with Crippen molar-refractivity contribution in [1.29, 1.82) is 0 Å². The molecule has 12 nitrogen and oxygen atoms in total. The zero-order valence-corrected chi connectivity index (χ0v) is 36.8. The van der Waals surface area contributed by atoms with Crippen LogP contribution in [-0.4, -0.2) is 93.9 Å². The van der Waals surface area contributed by atoms with E-state index in [0.29, 0.717) is 93.0 Å². The lowest BCUT2D eigenvalue weighted by molar-refractivity contribution is -0.142. The monoisotopic (exact) mass is 906 g/mol. The topological polar surface area (TPSA) is 148 Å². The molecule has 0 aromatic heterocycles. The van der Waals surface area contributed by atoms with Gasteiger partial charge in [-0.15, -0.1) is 0 Å². The summed E-state index contributed by atoms with van der Waals surface area (Å²) in [5.74, 6) is 3.49. The Morgan fingerprint density at radius 3 is 2.28 bits per heavy atom. The molecule has 4 atom stereocenters. The molecule has 3 aromatic rings. The quantitative estimate of drug-likeness (QED) is 0.213. The van der Waals surface area contributed by atoms with Gasteiger partial charge in [-0.1, -0.05) is 78.6 Å². The van der Waals surface area contributed by atoms with Gasteiger partial charge in [-0.3, -0.25) is 39.4 Å². The van der Waals surface area contributed by atoms with Gasteiger partial charge < -0.3 is 20.0 Å². The van der Waals surface area contributed by atoms with Gasteiger partial charge in [-0.2, -0.15) is 0 Å². The van der Waals surface area contributed by atoms with Gasteiger partial charge in [0.25, 0.3) is 5.91 Å². The van der Waals surface area contributed by atoms with Crippen LogP contribution in [0.5, 0.6) is 0 Å². The smallest absolute Gasteiger partial charge is 0.255 e. The molecule has 6 amide bonds. The van der Waals surface area contributed by atoms with Crippen molar-refractivity contribution in [3.05, 3.63) is 98.3 Å². The van der Waals surface area contributed by atoms with Crippen molar-refractivity contribution >= 4 is 64.3 Å². The van der Waals surface area contributed by atoms with Crippen molar-refractivity contribution in [3.8, 4) is 11.8 Å². The molecule has 1 aliphatic carbocycles. The molecule has 15 heteroatoms. The first-order valence-electron chi connectivity index (χ1n) is 22.6. The summed E-state index contributed by atoms with van der Waals surface area (Å²) in [7, 11) is 0. The number of hydrogen-bond acceptors (Lipinski definition) is 7. The highest BCUT2D eigenvalue weighted by molar-refractivity contribution is 6.31. The van der Waals surface area contributed by atoms with E-state index in [4.69, 9.17) is 23.2 Å². The predicted molar refractivity (Wildman–Crippen MR) is 237 cm³/mol. The van der Waals surface area contributed by atoms with Crippen LogP contribution in [0.25, 0.3) is 0 Å². The third-order valence-electron chi connectivity index (χ3n) is 15.2. The van der Waals surface area contributed by atoms with E-state index in [1.54, 1.807) is 41.3 Å². The van der Waals surface area contributed by atoms with Crippen LogP contribution in [0.3, 0.4) is 0 Å². The Hall–Kier alpha value is -5.29. The lowest BCUT2D eigenvalue weighted by Gasteiger charge is -2.47. The molecular weight excluding hydrogens is 858 g/mol. The number of benzene rings is 3. The first-order chi connectivity index (χ1) is 30.9. The molecule has 332 valence electrons. The highest BCUT2D eigenvalue weighted by Crippen LogP contribution is 2.63. The summed E-state index contributed by atoms with van der Waals surface area (Å²) in [5, 5.41) is 9.54. The van der Waals surface area contributed by atoms with Crippen molar-refractivity contribution in [2.75, 3.05) is 31.5 Å². The Balaban J connectivity index is 0.814. The summed E-state index contributed by atoms with van der Waals surface area (Å²) < 4.78 is 16.4. The summed E-state index contributed by atoms with van der Waals surface area (Å²) in [5.41, 5.74) is 1.38. The normalized spacial score (nSPS) is 26.7. The van der Waals surface area contributed by atoms with Crippen molar-refractivity contribution < 1.29 is 33.2 Å². The average molecular weight is 908 g/mol. The van der Waals surface area contributed by atoms with E-state index in [1.165, 1.54) is 11.0 Å². The number of fused-ring (bicyclic) bond motifs is 4. The van der Waals surface area contributed by atoms with Crippen LogP contribution in [0.1, 0.15) is 109 Å². The number of anilines is 1. The van der Waals surface area contributed by atoms with Crippen LogP contribution < -0.4 is 16.0 Å². The molecule has 1 saturated carbocycles.